The molecular formula is C12H17N3O4. The molecular weight excluding hydrogens is 250 g/mol. The van der Waals surface area contributed by atoms with E-state index in [1.165, 1.54) is 23.7 Å². The third-order valence-electron chi connectivity index (χ3n) is 2.52. The smallest absolute Gasteiger partial charge is 0.278 e. The van der Waals surface area contributed by atoms with Crippen LogP contribution >= 0.6 is 0 Å². The number of benzene rings is 1. The number of amides is 2. The molecule has 1 rings (SSSR count). The zero-order valence-electron chi connectivity index (χ0n) is 10.3. The van der Waals surface area contributed by atoms with Crippen molar-refractivity contribution in [2.24, 2.45) is 5.73 Å². The van der Waals surface area contributed by atoms with E-state index in [9.17, 15) is 14.7 Å². The van der Waals surface area contributed by atoms with Gasteiger partial charge in [-0.1, -0.05) is 0 Å². The SMILES string of the molecule is NCCCCNC(=O)c1ccc(C(=O)NO)c(O)c1. The predicted octanol–water partition coefficient (Wildman–Crippen LogP) is -0.0201. The minimum Gasteiger partial charge on any atom is -0.507 e. The maximum Gasteiger partial charge on any atom is 0.278 e. The van der Waals surface area contributed by atoms with Gasteiger partial charge in [-0.05, 0) is 37.6 Å². The number of phenols is 1. The molecule has 0 aliphatic rings. The Hall–Kier alpha value is -2.12. The van der Waals surface area contributed by atoms with Crippen molar-refractivity contribution in [3.8, 4) is 5.75 Å². The summed E-state index contributed by atoms with van der Waals surface area (Å²) in [5, 5.41) is 20.7. The highest BCUT2D eigenvalue weighted by Crippen LogP contribution is 2.18. The van der Waals surface area contributed by atoms with Gasteiger partial charge < -0.3 is 16.2 Å². The fraction of sp³-hybridized carbons (Fsp3) is 0.333. The van der Waals surface area contributed by atoms with Gasteiger partial charge in [0.2, 0.25) is 0 Å². The fourth-order valence-electron chi connectivity index (χ4n) is 1.50. The van der Waals surface area contributed by atoms with Gasteiger partial charge in [0.05, 0.1) is 5.56 Å². The molecule has 2 amide bonds. The third kappa shape index (κ3) is 4.23. The molecule has 104 valence electrons. The summed E-state index contributed by atoms with van der Waals surface area (Å²) in [7, 11) is 0. The summed E-state index contributed by atoms with van der Waals surface area (Å²) in [5.41, 5.74) is 6.87. The average molecular weight is 267 g/mol. The van der Waals surface area contributed by atoms with Crippen LogP contribution < -0.4 is 16.5 Å². The van der Waals surface area contributed by atoms with E-state index in [-0.39, 0.29) is 22.8 Å². The monoisotopic (exact) mass is 267 g/mol. The second kappa shape index (κ2) is 7.34. The van der Waals surface area contributed by atoms with Crippen LogP contribution in [0.1, 0.15) is 33.6 Å². The van der Waals surface area contributed by atoms with Crippen LogP contribution in [-0.2, 0) is 0 Å². The number of nitrogens with one attached hydrogen (secondary N) is 2. The molecule has 0 spiro atoms. The highest BCUT2D eigenvalue weighted by Gasteiger charge is 2.13. The first-order valence-electron chi connectivity index (χ1n) is 5.86. The molecule has 0 bridgehead atoms. The van der Waals surface area contributed by atoms with E-state index in [1.54, 1.807) is 0 Å². The molecule has 1 aromatic carbocycles. The van der Waals surface area contributed by atoms with Gasteiger partial charge in [0.25, 0.3) is 11.8 Å². The molecule has 0 radical (unpaired) electrons. The van der Waals surface area contributed by atoms with Crippen molar-refractivity contribution < 1.29 is 19.9 Å². The maximum absolute atomic E-state index is 11.7. The second-order valence-corrected chi connectivity index (χ2v) is 3.92. The van der Waals surface area contributed by atoms with Crippen molar-refractivity contribution in [3.63, 3.8) is 0 Å². The molecule has 7 nitrogen and oxygen atoms in total. The van der Waals surface area contributed by atoms with Crippen molar-refractivity contribution in [1.29, 1.82) is 0 Å². The summed E-state index contributed by atoms with van der Waals surface area (Å²) in [6.07, 6.45) is 1.60. The van der Waals surface area contributed by atoms with Crippen LogP contribution in [0.2, 0.25) is 0 Å². The van der Waals surface area contributed by atoms with Gasteiger partial charge in [-0.2, -0.15) is 0 Å². The van der Waals surface area contributed by atoms with Crippen molar-refractivity contribution >= 4 is 11.8 Å². The lowest BCUT2D eigenvalue weighted by molar-refractivity contribution is 0.0703. The Morgan fingerprint density at radius 2 is 1.95 bits per heavy atom. The molecule has 0 aromatic heterocycles. The predicted molar refractivity (Wildman–Crippen MR) is 68.0 cm³/mol. The van der Waals surface area contributed by atoms with E-state index in [2.05, 4.69) is 5.32 Å². The Labute approximate surface area is 110 Å². The lowest BCUT2D eigenvalue weighted by Gasteiger charge is -2.07. The number of aromatic hydroxyl groups is 1. The Morgan fingerprint density at radius 3 is 2.53 bits per heavy atom. The van der Waals surface area contributed by atoms with Crippen molar-refractivity contribution in [2.75, 3.05) is 13.1 Å². The molecule has 0 atom stereocenters. The minimum atomic E-state index is -0.840. The first kappa shape index (κ1) is 14.9. The zero-order chi connectivity index (χ0) is 14.3. The third-order valence-corrected chi connectivity index (χ3v) is 2.52. The van der Waals surface area contributed by atoms with Gasteiger partial charge >= 0.3 is 0 Å². The van der Waals surface area contributed by atoms with Gasteiger partial charge in [-0.15, -0.1) is 0 Å². The normalized spacial score (nSPS) is 10.0. The molecule has 6 N–H and O–H groups in total. The summed E-state index contributed by atoms with van der Waals surface area (Å²) in [6, 6.07) is 3.82. The highest BCUT2D eigenvalue weighted by molar-refractivity contribution is 5.99. The number of hydrogen-bond acceptors (Lipinski definition) is 5. The number of rotatable bonds is 6. The molecule has 0 heterocycles. The van der Waals surface area contributed by atoms with Gasteiger partial charge in [0.1, 0.15) is 5.75 Å². The lowest BCUT2D eigenvalue weighted by Crippen LogP contribution is -2.25. The van der Waals surface area contributed by atoms with Crippen molar-refractivity contribution in [3.05, 3.63) is 29.3 Å². The number of unbranched alkanes of at least 4 members (excludes halogenated alkanes) is 1. The summed E-state index contributed by atoms with van der Waals surface area (Å²) in [5.74, 6) is -1.56. The summed E-state index contributed by atoms with van der Waals surface area (Å²) < 4.78 is 0. The standard InChI is InChI=1S/C12H17N3O4/c13-5-1-2-6-14-11(17)8-3-4-9(10(16)7-8)12(18)15-19/h3-4,7,16,19H,1-2,5-6,13H2,(H,14,17)(H,15,18). The maximum atomic E-state index is 11.7. The summed E-state index contributed by atoms with van der Waals surface area (Å²) >= 11 is 0. The average Bonchev–Trinajstić information content (AvgIpc) is 2.42. The first-order chi connectivity index (χ1) is 9.10. The minimum absolute atomic E-state index is 0.109. The van der Waals surface area contributed by atoms with Gasteiger partial charge in [-0.3, -0.25) is 14.8 Å². The largest absolute Gasteiger partial charge is 0.507 e. The Kier molecular flexibility index (Phi) is 5.77. The van der Waals surface area contributed by atoms with Crippen LogP contribution in [0, 0.1) is 0 Å². The molecule has 0 aliphatic carbocycles. The van der Waals surface area contributed by atoms with Gasteiger partial charge in [0.15, 0.2) is 0 Å². The van der Waals surface area contributed by atoms with Crippen LogP contribution in [0.25, 0.3) is 0 Å². The number of phenolic OH excluding ortho intramolecular Hbond substituents is 1. The lowest BCUT2D eigenvalue weighted by atomic mass is 10.1. The highest BCUT2D eigenvalue weighted by atomic mass is 16.5. The number of carbonyl (C=O) groups excluding carboxylic acids is 2. The quantitative estimate of drug-likeness (QED) is 0.281. The van der Waals surface area contributed by atoms with E-state index < -0.39 is 5.91 Å². The number of nitrogens with two attached hydrogens (primary N) is 1. The Morgan fingerprint density at radius 1 is 1.21 bits per heavy atom. The molecule has 7 heteroatoms. The summed E-state index contributed by atoms with van der Waals surface area (Å²) in [4.78, 5) is 22.8. The van der Waals surface area contributed by atoms with Crippen LogP contribution in [0.15, 0.2) is 18.2 Å². The van der Waals surface area contributed by atoms with Crippen LogP contribution in [-0.4, -0.2) is 35.2 Å². The fourth-order valence-corrected chi connectivity index (χ4v) is 1.50. The molecule has 0 unspecified atom stereocenters. The van der Waals surface area contributed by atoms with E-state index >= 15 is 0 Å². The molecule has 0 saturated heterocycles. The van der Waals surface area contributed by atoms with E-state index in [1.807, 2.05) is 0 Å². The molecule has 19 heavy (non-hydrogen) atoms. The Balaban J connectivity index is 2.67. The summed E-state index contributed by atoms with van der Waals surface area (Å²) in [6.45, 7) is 1.07. The molecule has 0 aliphatic heterocycles. The van der Waals surface area contributed by atoms with Crippen molar-refractivity contribution in [2.45, 2.75) is 12.8 Å². The van der Waals surface area contributed by atoms with Crippen LogP contribution in [0.4, 0.5) is 0 Å². The molecule has 0 saturated carbocycles. The van der Waals surface area contributed by atoms with Gasteiger partial charge in [0, 0.05) is 12.1 Å². The van der Waals surface area contributed by atoms with Gasteiger partial charge in [-0.25, -0.2) is 5.48 Å². The second-order valence-electron chi connectivity index (χ2n) is 3.92. The number of hydrogen-bond donors (Lipinski definition) is 5. The topological polar surface area (TPSA) is 125 Å². The van der Waals surface area contributed by atoms with E-state index in [0.717, 1.165) is 12.8 Å². The molecule has 1 aromatic rings. The van der Waals surface area contributed by atoms with Crippen molar-refractivity contribution in [1.82, 2.24) is 10.8 Å². The molecule has 0 fully saturated rings. The number of carbonyl (C=O) groups is 2. The van der Waals surface area contributed by atoms with E-state index in [4.69, 9.17) is 10.9 Å². The Bertz CT molecular complexity index is 462. The van der Waals surface area contributed by atoms with Crippen LogP contribution in [0.3, 0.4) is 0 Å². The number of hydroxylamine groups is 1. The van der Waals surface area contributed by atoms with Crippen LogP contribution in [0.5, 0.6) is 5.75 Å². The van der Waals surface area contributed by atoms with E-state index in [0.29, 0.717) is 13.1 Å². The zero-order valence-corrected chi connectivity index (χ0v) is 10.3. The first-order valence-corrected chi connectivity index (χ1v) is 5.86.